The van der Waals surface area contributed by atoms with E-state index in [9.17, 15) is 18.0 Å². The van der Waals surface area contributed by atoms with Crippen LogP contribution in [-0.2, 0) is 26.0 Å². The monoisotopic (exact) mass is 415 g/mol. The Balaban J connectivity index is 1.52. The minimum Gasteiger partial charge on any atom is -0.376 e. The number of hydrogen-bond acceptors (Lipinski definition) is 5. The Morgan fingerprint density at radius 1 is 1.21 bits per heavy atom. The van der Waals surface area contributed by atoms with E-state index >= 15 is 0 Å². The maximum Gasteiger partial charge on any atom is 0.261 e. The largest absolute Gasteiger partial charge is 0.376 e. The highest BCUT2D eigenvalue weighted by Crippen LogP contribution is 2.27. The highest BCUT2D eigenvalue weighted by molar-refractivity contribution is 7.92. The zero-order chi connectivity index (χ0) is 20.4. The summed E-state index contributed by atoms with van der Waals surface area (Å²) in [6, 6.07) is 10.9. The summed E-state index contributed by atoms with van der Waals surface area (Å²) in [5, 5.41) is 5.47. The molecular formula is C20H21N3O5S. The number of ether oxygens (including phenoxy) is 1. The first-order valence-corrected chi connectivity index (χ1v) is 10.8. The maximum atomic E-state index is 12.9. The number of para-hydroxylation sites is 1. The van der Waals surface area contributed by atoms with E-state index < -0.39 is 10.0 Å². The molecule has 2 aliphatic heterocycles. The lowest BCUT2D eigenvalue weighted by atomic mass is 10.1. The second kappa shape index (κ2) is 7.84. The van der Waals surface area contributed by atoms with Crippen LogP contribution in [0.5, 0.6) is 0 Å². The van der Waals surface area contributed by atoms with Crippen LogP contribution in [0.2, 0.25) is 0 Å². The smallest absolute Gasteiger partial charge is 0.261 e. The zero-order valence-corrected chi connectivity index (χ0v) is 16.4. The number of hydrogen-bond donors (Lipinski definition) is 3. The number of rotatable bonds is 6. The lowest BCUT2D eigenvalue weighted by molar-refractivity contribution is -0.115. The van der Waals surface area contributed by atoms with E-state index in [0.29, 0.717) is 24.4 Å². The van der Waals surface area contributed by atoms with Gasteiger partial charge in [-0.2, -0.15) is 0 Å². The lowest BCUT2D eigenvalue weighted by Gasteiger charge is -2.15. The Hall–Kier alpha value is -2.91. The second-order valence-electron chi connectivity index (χ2n) is 7.04. The Morgan fingerprint density at radius 3 is 2.83 bits per heavy atom. The number of benzene rings is 2. The molecule has 152 valence electrons. The standard InChI is InChI=1S/C20H21N3O5S/c24-19-11-13-10-15(7-8-17(13)22-19)29(26,27)23-18-6-2-1-5-16(18)20(25)21-12-14-4-3-9-28-14/h1-2,5-8,10,14,23H,3-4,9,11-12H2,(H,21,25)(H,22,24). The van der Waals surface area contributed by atoms with Crippen LogP contribution in [0.1, 0.15) is 28.8 Å². The third-order valence-electron chi connectivity index (χ3n) is 4.94. The molecule has 0 aliphatic carbocycles. The van der Waals surface area contributed by atoms with Crippen molar-refractivity contribution in [1.29, 1.82) is 0 Å². The number of carbonyl (C=O) groups excluding carboxylic acids is 2. The fraction of sp³-hybridized carbons (Fsp3) is 0.300. The summed E-state index contributed by atoms with van der Waals surface area (Å²) < 4.78 is 33.7. The van der Waals surface area contributed by atoms with Crippen LogP contribution in [0.15, 0.2) is 47.4 Å². The van der Waals surface area contributed by atoms with Crippen LogP contribution in [0.3, 0.4) is 0 Å². The van der Waals surface area contributed by atoms with E-state index in [-0.39, 0.29) is 40.5 Å². The molecule has 0 bridgehead atoms. The summed E-state index contributed by atoms with van der Waals surface area (Å²) in [5.41, 5.74) is 1.66. The van der Waals surface area contributed by atoms with Crippen molar-refractivity contribution in [2.75, 3.05) is 23.2 Å². The molecule has 1 saturated heterocycles. The van der Waals surface area contributed by atoms with Gasteiger partial charge < -0.3 is 15.4 Å². The van der Waals surface area contributed by atoms with Gasteiger partial charge in [0.05, 0.1) is 28.7 Å². The Morgan fingerprint density at radius 2 is 2.03 bits per heavy atom. The molecule has 2 aromatic rings. The van der Waals surface area contributed by atoms with Crippen molar-refractivity contribution >= 4 is 33.2 Å². The van der Waals surface area contributed by atoms with Crippen LogP contribution in [0.4, 0.5) is 11.4 Å². The first-order chi connectivity index (χ1) is 13.9. The molecule has 4 rings (SSSR count). The van der Waals surface area contributed by atoms with Crippen molar-refractivity contribution in [1.82, 2.24) is 5.32 Å². The maximum absolute atomic E-state index is 12.9. The number of carbonyl (C=O) groups is 2. The lowest BCUT2D eigenvalue weighted by Crippen LogP contribution is -2.32. The molecule has 8 nitrogen and oxygen atoms in total. The van der Waals surface area contributed by atoms with Crippen molar-refractivity contribution < 1.29 is 22.7 Å². The van der Waals surface area contributed by atoms with E-state index in [0.717, 1.165) is 12.8 Å². The minimum absolute atomic E-state index is 0.00876. The number of amides is 2. The molecule has 1 fully saturated rings. The minimum atomic E-state index is -3.93. The summed E-state index contributed by atoms with van der Waals surface area (Å²) in [4.78, 5) is 24.1. The molecule has 2 aromatic carbocycles. The van der Waals surface area contributed by atoms with Crippen molar-refractivity contribution in [2.24, 2.45) is 0 Å². The molecule has 9 heteroatoms. The molecular weight excluding hydrogens is 394 g/mol. The normalized spacial score (nSPS) is 18.2. The van der Waals surface area contributed by atoms with Gasteiger partial charge in [-0.15, -0.1) is 0 Å². The molecule has 0 radical (unpaired) electrons. The van der Waals surface area contributed by atoms with Gasteiger partial charge in [0.25, 0.3) is 15.9 Å². The van der Waals surface area contributed by atoms with Crippen LogP contribution in [-0.4, -0.2) is 39.5 Å². The van der Waals surface area contributed by atoms with Crippen LogP contribution < -0.4 is 15.4 Å². The van der Waals surface area contributed by atoms with Gasteiger partial charge in [0.15, 0.2) is 0 Å². The van der Waals surface area contributed by atoms with E-state index in [1.54, 1.807) is 24.3 Å². The predicted octanol–water partition coefficient (Wildman–Crippen LogP) is 1.89. The Labute approximate surface area is 168 Å². The van der Waals surface area contributed by atoms with E-state index in [2.05, 4.69) is 15.4 Å². The molecule has 2 aliphatic rings. The number of nitrogens with one attached hydrogen (secondary N) is 3. The molecule has 1 atom stereocenters. The van der Waals surface area contributed by atoms with Crippen molar-refractivity contribution in [3.8, 4) is 0 Å². The third kappa shape index (κ3) is 4.25. The average molecular weight is 415 g/mol. The zero-order valence-electron chi connectivity index (χ0n) is 15.6. The van der Waals surface area contributed by atoms with Crippen molar-refractivity contribution in [2.45, 2.75) is 30.3 Å². The van der Waals surface area contributed by atoms with Gasteiger partial charge in [0, 0.05) is 18.8 Å². The van der Waals surface area contributed by atoms with Gasteiger partial charge in [-0.3, -0.25) is 14.3 Å². The molecule has 0 spiro atoms. The number of sulfonamides is 1. The summed E-state index contributed by atoms with van der Waals surface area (Å²) in [7, 11) is -3.93. The molecule has 2 amide bonds. The summed E-state index contributed by atoms with van der Waals surface area (Å²) in [6.45, 7) is 1.07. The second-order valence-corrected chi connectivity index (χ2v) is 8.72. The van der Waals surface area contributed by atoms with Crippen LogP contribution in [0.25, 0.3) is 0 Å². The van der Waals surface area contributed by atoms with Crippen molar-refractivity contribution in [3.05, 3.63) is 53.6 Å². The SMILES string of the molecule is O=C1Cc2cc(S(=O)(=O)Nc3ccccc3C(=O)NCC3CCCO3)ccc2N1. The van der Waals surface area contributed by atoms with E-state index in [4.69, 9.17) is 4.74 Å². The number of fused-ring (bicyclic) bond motifs is 1. The fourth-order valence-corrected chi connectivity index (χ4v) is 4.58. The molecule has 0 saturated carbocycles. The Bertz CT molecular complexity index is 1060. The van der Waals surface area contributed by atoms with Gasteiger partial charge in [-0.25, -0.2) is 8.42 Å². The summed E-state index contributed by atoms with van der Waals surface area (Å²) >= 11 is 0. The summed E-state index contributed by atoms with van der Waals surface area (Å²) in [5.74, 6) is -0.543. The van der Waals surface area contributed by atoms with Gasteiger partial charge in [-0.1, -0.05) is 12.1 Å². The Kier molecular flexibility index (Phi) is 5.25. The van der Waals surface area contributed by atoms with Gasteiger partial charge in [0.1, 0.15) is 0 Å². The van der Waals surface area contributed by atoms with Crippen molar-refractivity contribution in [3.63, 3.8) is 0 Å². The molecule has 2 heterocycles. The topological polar surface area (TPSA) is 114 Å². The molecule has 0 aromatic heterocycles. The summed E-state index contributed by atoms with van der Waals surface area (Å²) in [6.07, 6.45) is 2.00. The van der Waals surface area contributed by atoms with Crippen LogP contribution >= 0.6 is 0 Å². The molecule has 29 heavy (non-hydrogen) atoms. The van der Waals surface area contributed by atoms with Gasteiger partial charge in [0.2, 0.25) is 5.91 Å². The molecule has 1 unspecified atom stereocenters. The van der Waals surface area contributed by atoms with Gasteiger partial charge >= 0.3 is 0 Å². The highest BCUT2D eigenvalue weighted by atomic mass is 32.2. The fourth-order valence-electron chi connectivity index (χ4n) is 3.45. The first-order valence-electron chi connectivity index (χ1n) is 9.37. The van der Waals surface area contributed by atoms with E-state index in [1.165, 1.54) is 18.2 Å². The predicted molar refractivity (Wildman–Crippen MR) is 107 cm³/mol. The quantitative estimate of drug-likeness (QED) is 0.667. The van der Waals surface area contributed by atoms with Crippen LogP contribution in [0, 0.1) is 0 Å². The highest BCUT2D eigenvalue weighted by Gasteiger charge is 2.24. The number of anilines is 2. The van der Waals surface area contributed by atoms with E-state index in [1.807, 2.05) is 0 Å². The third-order valence-corrected chi connectivity index (χ3v) is 6.31. The molecule has 3 N–H and O–H groups in total. The first kappa shape index (κ1) is 19.4. The average Bonchev–Trinajstić information content (AvgIpc) is 3.34. The van der Waals surface area contributed by atoms with Gasteiger partial charge in [-0.05, 0) is 48.7 Å².